The molecule has 0 saturated heterocycles. The van der Waals surface area contributed by atoms with Gasteiger partial charge in [-0.1, -0.05) is 0 Å². The summed E-state index contributed by atoms with van der Waals surface area (Å²) in [6, 6.07) is -0.762. The zero-order valence-corrected chi connectivity index (χ0v) is 11.3. The van der Waals surface area contributed by atoms with Crippen molar-refractivity contribution in [1.29, 1.82) is 0 Å². The molecule has 0 aliphatic heterocycles. The molecule has 3 amide bonds. The lowest BCUT2D eigenvalue weighted by atomic mass is 10.2. The highest BCUT2D eigenvalue weighted by atomic mass is 16.4. The van der Waals surface area contributed by atoms with E-state index < -0.39 is 12.0 Å². The molecule has 0 aromatic rings. The van der Waals surface area contributed by atoms with Crippen molar-refractivity contribution in [3.05, 3.63) is 0 Å². The molecule has 0 spiro atoms. The predicted octanol–water partition coefficient (Wildman–Crippen LogP) is -0.0307. The second-order valence-corrected chi connectivity index (χ2v) is 4.04. The number of aliphatic carboxylic acids is 1. The smallest absolute Gasteiger partial charge is 0.320 e. The van der Waals surface area contributed by atoms with Gasteiger partial charge in [-0.05, 0) is 13.8 Å². The largest absolute Gasteiger partial charge is 0.481 e. The number of nitrogens with zero attached hydrogens (tertiary/aromatic N) is 2. The van der Waals surface area contributed by atoms with Crippen molar-refractivity contribution in [2.75, 3.05) is 27.2 Å². The Morgan fingerprint density at radius 3 is 2.28 bits per heavy atom. The maximum absolute atomic E-state index is 12.0. The van der Waals surface area contributed by atoms with Gasteiger partial charge in [0.05, 0.1) is 6.42 Å². The quantitative estimate of drug-likeness (QED) is 0.701. The van der Waals surface area contributed by atoms with E-state index in [4.69, 9.17) is 5.11 Å². The van der Waals surface area contributed by atoms with Crippen LogP contribution in [0.5, 0.6) is 0 Å². The maximum atomic E-state index is 12.0. The van der Waals surface area contributed by atoms with E-state index in [-0.39, 0.29) is 24.9 Å². The van der Waals surface area contributed by atoms with Crippen molar-refractivity contribution in [1.82, 2.24) is 15.1 Å². The Balaban J connectivity index is 4.59. The van der Waals surface area contributed by atoms with Gasteiger partial charge in [0.2, 0.25) is 5.91 Å². The first-order valence-electron chi connectivity index (χ1n) is 5.77. The second-order valence-electron chi connectivity index (χ2n) is 4.04. The highest BCUT2D eigenvalue weighted by Gasteiger charge is 2.24. The first-order chi connectivity index (χ1) is 8.33. The molecule has 0 bridgehead atoms. The molecule has 0 rings (SSSR count). The summed E-state index contributed by atoms with van der Waals surface area (Å²) in [6.45, 7) is 3.78. The van der Waals surface area contributed by atoms with Gasteiger partial charge in [-0.25, -0.2) is 4.79 Å². The molecule has 7 nitrogen and oxygen atoms in total. The van der Waals surface area contributed by atoms with Gasteiger partial charge >= 0.3 is 12.0 Å². The Kier molecular flexibility index (Phi) is 6.77. The molecule has 0 radical (unpaired) electrons. The van der Waals surface area contributed by atoms with Gasteiger partial charge in [-0.3, -0.25) is 9.59 Å². The minimum atomic E-state index is -0.956. The zero-order chi connectivity index (χ0) is 14.3. The summed E-state index contributed by atoms with van der Waals surface area (Å²) in [6.07, 6.45) is -0.118. The van der Waals surface area contributed by atoms with Crippen LogP contribution in [0.2, 0.25) is 0 Å². The average molecular weight is 259 g/mol. The Morgan fingerprint density at radius 2 is 1.89 bits per heavy atom. The fourth-order valence-corrected chi connectivity index (χ4v) is 1.58. The number of urea groups is 1. The van der Waals surface area contributed by atoms with E-state index in [2.05, 4.69) is 5.32 Å². The highest BCUT2D eigenvalue weighted by molar-refractivity contribution is 5.84. The van der Waals surface area contributed by atoms with Crippen LogP contribution in [-0.2, 0) is 9.59 Å². The van der Waals surface area contributed by atoms with Crippen molar-refractivity contribution < 1.29 is 19.5 Å². The summed E-state index contributed by atoms with van der Waals surface area (Å²) in [4.78, 5) is 36.5. The van der Waals surface area contributed by atoms with Crippen molar-refractivity contribution in [3.63, 3.8) is 0 Å². The standard InChI is InChI=1S/C11H21N3O4/c1-5-14(8(2)6-10(16)17)11(18)13(4)7-9(15)12-3/h8H,5-7H2,1-4H3,(H,12,15)(H,16,17). The number of amides is 3. The van der Waals surface area contributed by atoms with Crippen LogP contribution < -0.4 is 5.32 Å². The SMILES string of the molecule is CCN(C(=O)N(C)CC(=O)NC)C(C)CC(=O)O. The van der Waals surface area contributed by atoms with E-state index in [0.717, 1.165) is 0 Å². The van der Waals surface area contributed by atoms with E-state index >= 15 is 0 Å². The van der Waals surface area contributed by atoms with E-state index in [9.17, 15) is 14.4 Å². The number of carboxylic acids is 1. The number of likely N-dealkylation sites (N-methyl/N-ethyl adjacent to an activating group) is 2. The van der Waals surface area contributed by atoms with Crippen LogP contribution >= 0.6 is 0 Å². The van der Waals surface area contributed by atoms with Gasteiger partial charge in [0.15, 0.2) is 0 Å². The summed E-state index contributed by atoms with van der Waals surface area (Å²) in [5.74, 6) is -1.23. The Bertz CT molecular complexity index is 319. The van der Waals surface area contributed by atoms with E-state index in [1.165, 1.54) is 23.9 Å². The summed E-state index contributed by atoms with van der Waals surface area (Å²) >= 11 is 0. The number of rotatable bonds is 6. The monoisotopic (exact) mass is 259 g/mol. The molecular formula is C11H21N3O4. The number of carboxylic acid groups (broad SMARTS) is 1. The van der Waals surface area contributed by atoms with Gasteiger partial charge in [-0.2, -0.15) is 0 Å². The first-order valence-corrected chi connectivity index (χ1v) is 5.77. The number of carbonyl (C=O) groups excluding carboxylic acids is 2. The van der Waals surface area contributed by atoms with Crippen LogP contribution in [0.4, 0.5) is 4.79 Å². The summed E-state index contributed by atoms with van der Waals surface area (Å²) in [5, 5.41) is 11.1. The Hall–Kier alpha value is -1.79. The molecule has 0 saturated carbocycles. The number of carbonyl (C=O) groups is 3. The van der Waals surface area contributed by atoms with E-state index in [0.29, 0.717) is 6.54 Å². The van der Waals surface area contributed by atoms with Crippen LogP contribution in [-0.4, -0.2) is 66.0 Å². The minimum Gasteiger partial charge on any atom is -0.481 e. The topological polar surface area (TPSA) is 90.0 Å². The molecule has 0 fully saturated rings. The summed E-state index contributed by atoms with van der Waals surface area (Å²) in [5.41, 5.74) is 0. The lowest BCUT2D eigenvalue weighted by Crippen LogP contribution is -2.48. The molecule has 18 heavy (non-hydrogen) atoms. The summed E-state index contributed by atoms with van der Waals surface area (Å²) < 4.78 is 0. The molecule has 1 unspecified atom stereocenters. The van der Waals surface area contributed by atoms with E-state index in [1.54, 1.807) is 13.8 Å². The van der Waals surface area contributed by atoms with Gasteiger partial charge < -0.3 is 20.2 Å². The minimum absolute atomic E-state index is 0.0500. The van der Waals surface area contributed by atoms with Crippen LogP contribution in [0, 0.1) is 0 Å². The van der Waals surface area contributed by atoms with Crippen LogP contribution in [0.3, 0.4) is 0 Å². The van der Waals surface area contributed by atoms with Gasteiger partial charge in [0, 0.05) is 26.7 Å². The number of hydrogen-bond acceptors (Lipinski definition) is 3. The van der Waals surface area contributed by atoms with Crippen LogP contribution in [0.1, 0.15) is 20.3 Å². The Morgan fingerprint density at radius 1 is 1.33 bits per heavy atom. The number of hydrogen-bond donors (Lipinski definition) is 2. The van der Waals surface area contributed by atoms with E-state index in [1.807, 2.05) is 0 Å². The molecule has 0 aliphatic rings. The maximum Gasteiger partial charge on any atom is 0.320 e. The van der Waals surface area contributed by atoms with Crippen molar-refractivity contribution in [2.45, 2.75) is 26.3 Å². The predicted molar refractivity (Wildman–Crippen MR) is 66.2 cm³/mol. The third-order valence-electron chi connectivity index (χ3n) is 2.57. The number of nitrogens with one attached hydrogen (secondary N) is 1. The Labute approximate surface area is 107 Å². The highest BCUT2D eigenvalue weighted by Crippen LogP contribution is 2.07. The van der Waals surface area contributed by atoms with Gasteiger partial charge in [0.25, 0.3) is 0 Å². The first kappa shape index (κ1) is 16.2. The third-order valence-corrected chi connectivity index (χ3v) is 2.57. The second kappa shape index (κ2) is 7.52. The van der Waals surface area contributed by atoms with Gasteiger partial charge in [0.1, 0.15) is 6.54 Å². The molecule has 2 N–H and O–H groups in total. The molecule has 0 heterocycles. The molecule has 1 atom stereocenters. The van der Waals surface area contributed by atoms with Crippen LogP contribution in [0.25, 0.3) is 0 Å². The van der Waals surface area contributed by atoms with Crippen molar-refractivity contribution in [2.24, 2.45) is 0 Å². The average Bonchev–Trinajstić information content (AvgIpc) is 2.28. The molecule has 7 heteroatoms. The van der Waals surface area contributed by atoms with Crippen molar-refractivity contribution >= 4 is 17.9 Å². The fraction of sp³-hybridized carbons (Fsp3) is 0.727. The zero-order valence-electron chi connectivity index (χ0n) is 11.3. The van der Waals surface area contributed by atoms with Crippen molar-refractivity contribution in [3.8, 4) is 0 Å². The fourth-order valence-electron chi connectivity index (χ4n) is 1.58. The lowest BCUT2D eigenvalue weighted by Gasteiger charge is -2.31. The lowest BCUT2D eigenvalue weighted by molar-refractivity contribution is -0.138. The molecule has 0 aromatic carbocycles. The normalized spacial score (nSPS) is 11.6. The molecule has 0 aromatic heterocycles. The molecule has 0 aliphatic carbocycles. The third kappa shape index (κ3) is 5.03. The summed E-state index contributed by atoms with van der Waals surface area (Å²) in [7, 11) is 3.00. The molecular weight excluding hydrogens is 238 g/mol. The van der Waals surface area contributed by atoms with Gasteiger partial charge in [-0.15, -0.1) is 0 Å². The van der Waals surface area contributed by atoms with Crippen LogP contribution in [0.15, 0.2) is 0 Å². The molecule has 104 valence electrons.